The van der Waals surface area contributed by atoms with Gasteiger partial charge in [-0.1, -0.05) is 0 Å². The third kappa shape index (κ3) is 1.95. The van der Waals surface area contributed by atoms with E-state index >= 15 is 0 Å². The van der Waals surface area contributed by atoms with Crippen molar-refractivity contribution in [3.63, 3.8) is 0 Å². The van der Waals surface area contributed by atoms with Gasteiger partial charge in [0.25, 0.3) is 0 Å². The Labute approximate surface area is 140 Å². The van der Waals surface area contributed by atoms with E-state index < -0.39 is 0 Å². The molecule has 0 fully saturated rings. The number of aromatic nitrogens is 4. The zero-order valence-electron chi connectivity index (χ0n) is 14.8. The van der Waals surface area contributed by atoms with Crippen LogP contribution < -0.4 is 10.6 Å². The van der Waals surface area contributed by atoms with Crippen LogP contribution in [-0.2, 0) is 0 Å². The first kappa shape index (κ1) is 14.8. The molecule has 1 aromatic carbocycles. The molecule has 24 heavy (non-hydrogen) atoms. The molecule has 6 heteroatoms. The molecule has 0 saturated heterocycles. The van der Waals surface area contributed by atoms with Crippen LogP contribution in [0.2, 0.25) is 0 Å². The minimum Gasteiger partial charge on any atom is -0.354 e. The number of allylic oxidation sites excluding steroid dienone is 2. The first-order valence-electron chi connectivity index (χ1n) is 8.04. The number of nitrogens with zero attached hydrogens (tertiary/aromatic N) is 4. The van der Waals surface area contributed by atoms with Crippen molar-refractivity contribution >= 4 is 33.4 Å². The average molecular weight is 320 g/mol. The van der Waals surface area contributed by atoms with Crippen molar-refractivity contribution in [1.82, 2.24) is 19.9 Å². The number of hydrogen-bond donors (Lipinski definition) is 2. The normalized spacial score (nSPS) is 13.9. The molecule has 2 N–H and O–H groups in total. The number of nitrogens with one attached hydrogen (secondary N) is 2. The first-order chi connectivity index (χ1) is 11.4. The lowest BCUT2D eigenvalue weighted by molar-refractivity contribution is 1.08. The fraction of sp³-hybridized carbons (Fsp3) is 0.333. The van der Waals surface area contributed by atoms with Crippen molar-refractivity contribution in [2.75, 3.05) is 10.6 Å². The Hall–Kier alpha value is -2.76. The van der Waals surface area contributed by atoms with Crippen molar-refractivity contribution in [3.8, 4) is 0 Å². The Morgan fingerprint density at radius 2 is 0.750 bits per heavy atom. The summed E-state index contributed by atoms with van der Waals surface area (Å²) in [4.78, 5) is 19.1. The van der Waals surface area contributed by atoms with Crippen LogP contribution in [0, 0.1) is 27.7 Å². The highest BCUT2D eigenvalue weighted by Gasteiger charge is 2.23. The summed E-state index contributed by atoms with van der Waals surface area (Å²) in [5.74, 6) is 0. The van der Waals surface area contributed by atoms with Crippen LogP contribution in [0.15, 0.2) is 11.4 Å². The number of anilines is 2. The predicted octanol–water partition coefficient (Wildman–Crippen LogP) is 3.90. The van der Waals surface area contributed by atoms with Gasteiger partial charge in [0.2, 0.25) is 0 Å². The lowest BCUT2D eigenvalue weighted by Gasteiger charge is -2.25. The molecule has 6 nitrogen and oxygen atoms in total. The monoisotopic (exact) mass is 320 g/mol. The third-order valence-electron chi connectivity index (χ3n) is 4.75. The lowest BCUT2D eigenvalue weighted by Crippen LogP contribution is -2.16. The van der Waals surface area contributed by atoms with Crippen molar-refractivity contribution in [2.45, 2.75) is 41.5 Å². The molecule has 2 aromatic heterocycles. The van der Waals surface area contributed by atoms with Gasteiger partial charge in [-0.3, -0.25) is 0 Å². The van der Waals surface area contributed by atoms with Crippen molar-refractivity contribution in [3.05, 3.63) is 34.2 Å². The van der Waals surface area contributed by atoms with Crippen LogP contribution in [0.25, 0.3) is 22.1 Å². The summed E-state index contributed by atoms with van der Waals surface area (Å²) in [6.07, 6.45) is 0. The van der Waals surface area contributed by atoms with Crippen LogP contribution in [-0.4, -0.2) is 19.9 Å². The Morgan fingerprint density at radius 1 is 0.458 bits per heavy atom. The summed E-state index contributed by atoms with van der Waals surface area (Å²) in [7, 11) is 0. The second kappa shape index (κ2) is 4.87. The molecular formula is C18H20N6. The van der Waals surface area contributed by atoms with Gasteiger partial charge >= 0.3 is 0 Å². The molecule has 0 amide bonds. The van der Waals surface area contributed by atoms with Gasteiger partial charge in [-0.2, -0.15) is 0 Å². The standard InChI is InChI=1S/C18H20N6/c1-7-8(2)20-14-13(19-7)15-17(23-10(4)9(3)21-15)18-16(14)22-11(5)12(6)24-18/h19-20H,1-6H3. The fourth-order valence-corrected chi connectivity index (χ4v) is 2.93. The van der Waals surface area contributed by atoms with E-state index in [1.54, 1.807) is 0 Å². The average Bonchev–Trinajstić information content (AvgIpc) is 2.53. The lowest BCUT2D eigenvalue weighted by atomic mass is 10.1. The van der Waals surface area contributed by atoms with E-state index in [1.165, 1.54) is 0 Å². The Bertz CT molecular complexity index is 980. The molecule has 0 bridgehead atoms. The SMILES string of the molecule is CC1=C(C)Nc2c(c3nc(C)c(C)nc3c3nc(C)c(C)nc23)N1. The van der Waals surface area contributed by atoms with Crippen LogP contribution in [0.1, 0.15) is 36.6 Å². The number of rotatable bonds is 0. The minimum absolute atomic E-state index is 0.795. The molecule has 122 valence electrons. The van der Waals surface area contributed by atoms with E-state index in [0.29, 0.717) is 0 Å². The molecule has 0 atom stereocenters. The summed E-state index contributed by atoms with van der Waals surface area (Å²) in [6, 6.07) is 0. The topological polar surface area (TPSA) is 75.6 Å². The summed E-state index contributed by atoms with van der Waals surface area (Å²) < 4.78 is 0. The maximum Gasteiger partial charge on any atom is 0.119 e. The summed E-state index contributed by atoms with van der Waals surface area (Å²) in [5.41, 5.74) is 10.9. The van der Waals surface area contributed by atoms with Crippen molar-refractivity contribution in [2.24, 2.45) is 0 Å². The van der Waals surface area contributed by atoms with Gasteiger partial charge in [-0.15, -0.1) is 0 Å². The molecule has 0 saturated carbocycles. The van der Waals surface area contributed by atoms with Gasteiger partial charge in [-0.05, 0) is 41.5 Å². The fourth-order valence-electron chi connectivity index (χ4n) is 2.93. The van der Waals surface area contributed by atoms with Crippen molar-refractivity contribution in [1.29, 1.82) is 0 Å². The van der Waals surface area contributed by atoms with Gasteiger partial charge in [0.1, 0.15) is 22.1 Å². The van der Waals surface area contributed by atoms with E-state index in [4.69, 9.17) is 19.9 Å². The molecule has 0 unspecified atom stereocenters. The van der Waals surface area contributed by atoms with Crippen LogP contribution >= 0.6 is 0 Å². The molecule has 3 aromatic rings. The van der Waals surface area contributed by atoms with E-state index in [-0.39, 0.29) is 0 Å². The van der Waals surface area contributed by atoms with Crippen LogP contribution in [0.5, 0.6) is 0 Å². The smallest absolute Gasteiger partial charge is 0.119 e. The van der Waals surface area contributed by atoms with E-state index in [0.717, 1.165) is 67.6 Å². The third-order valence-corrected chi connectivity index (χ3v) is 4.75. The highest BCUT2D eigenvalue weighted by atomic mass is 15.1. The van der Waals surface area contributed by atoms with Crippen LogP contribution in [0.4, 0.5) is 11.4 Å². The summed E-state index contributed by atoms with van der Waals surface area (Å²) in [5, 5.41) is 6.94. The number of hydrogen-bond acceptors (Lipinski definition) is 6. The molecule has 0 radical (unpaired) electrons. The quantitative estimate of drug-likeness (QED) is 0.612. The number of fused-ring (bicyclic) bond motifs is 6. The number of benzene rings is 1. The van der Waals surface area contributed by atoms with Crippen LogP contribution in [0.3, 0.4) is 0 Å². The molecule has 1 aliphatic rings. The molecule has 1 aliphatic heterocycles. The largest absolute Gasteiger partial charge is 0.354 e. The molecule has 0 spiro atoms. The maximum atomic E-state index is 4.79. The van der Waals surface area contributed by atoms with Gasteiger partial charge < -0.3 is 10.6 Å². The van der Waals surface area contributed by atoms with E-state index in [2.05, 4.69) is 10.6 Å². The predicted molar refractivity (Wildman–Crippen MR) is 97.2 cm³/mol. The van der Waals surface area contributed by atoms with Gasteiger partial charge in [0.05, 0.1) is 34.2 Å². The van der Waals surface area contributed by atoms with Gasteiger partial charge in [-0.25, -0.2) is 19.9 Å². The molecular weight excluding hydrogens is 300 g/mol. The highest BCUT2D eigenvalue weighted by molar-refractivity contribution is 6.15. The second-order valence-corrected chi connectivity index (χ2v) is 6.43. The first-order valence-corrected chi connectivity index (χ1v) is 8.04. The van der Waals surface area contributed by atoms with Gasteiger partial charge in [0.15, 0.2) is 0 Å². The molecule has 0 aliphatic carbocycles. The van der Waals surface area contributed by atoms with Gasteiger partial charge in [0, 0.05) is 11.4 Å². The summed E-state index contributed by atoms with van der Waals surface area (Å²) >= 11 is 0. The van der Waals surface area contributed by atoms with E-state index in [9.17, 15) is 0 Å². The Balaban J connectivity index is 2.24. The Kier molecular flexibility index (Phi) is 3.00. The highest BCUT2D eigenvalue weighted by Crippen LogP contribution is 2.41. The zero-order valence-corrected chi connectivity index (χ0v) is 14.8. The van der Waals surface area contributed by atoms with Crippen molar-refractivity contribution < 1.29 is 0 Å². The zero-order chi connectivity index (χ0) is 17.2. The minimum atomic E-state index is 0.795. The Morgan fingerprint density at radius 3 is 1.08 bits per heavy atom. The molecule has 4 rings (SSSR count). The maximum absolute atomic E-state index is 4.79. The molecule has 3 heterocycles. The van der Waals surface area contributed by atoms with E-state index in [1.807, 2.05) is 41.5 Å². The summed E-state index contributed by atoms with van der Waals surface area (Å²) in [6.45, 7) is 12.0. The number of aryl methyl sites for hydroxylation is 4. The second-order valence-electron chi connectivity index (χ2n) is 6.43.